The third-order valence-corrected chi connectivity index (χ3v) is 8.42. The highest BCUT2D eigenvalue weighted by Crippen LogP contribution is 2.34. The number of esters is 1. The van der Waals surface area contributed by atoms with Gasteiger partial charge < -0.3 is 14.2 Å². The summed E-state index contributed by atoms with van der Waals surface area (Å²) in [5, 5.41) is 3.54. The van der Waals surface area contributed by atoms with Crippen LogP contribution in [0.25, 0.3) is 21.5 Å². The monoisotopic (exact) mass is 587 g/mol. The molecule has 42 heavy (non-hydrogen) atoms. The summed E-state index contributed by atoms with van der Waals surface area (Å²) in [6, 6.07) is 17.1. The van der Waals surface area contributed by atoms with Crippen molar-refractivity contribution in [3.05, 3.63) is 65.9 Å². The number of hydrogen-bond acceptors (Lipinski definition) is 9. The van der Waals surface area contributed by atoms with Gasteiger partial charge in [0.15, 0.2) is 16.6 Å². The molecule has 2 aromatic heterocycles. The summed E-state index contributed by atoms with van der Waals surface area (Å²) in [6.07, 6.45) is 2.56. The minimum Gasteiger partial charge on any atom is -0.491 e. The molecular weight excluding hydrogens is 554 g/mol. The van der Waals surface area contributed by atoms with Crippen LogP contribution < -0.4 is 15.0 Å². The minimum absolute atomic E-state index is 0.129. The molecule has 2 aliphatic heterocycles. The molecule has 0 spiro atoms. The largest absolute Gasteiger partial charge is 0.491 e. The van der Waals surface area contributed by atoms with Crippen LogP contribution in [0.5, 0.6) is 5.75 Å². The van der Waals surface area contributed by atoms with Crippen molar-refractivity contribution in [2.24, 2.45) is 0 Å². The minimum atomic E-state index is -0.560. The first kappa shape index (κ1) is 28.1. The molecule has 2 amide bonds. The molecule has 4 heterocycles. The number of thiazole rings is 1. The molecule has 1 fully saturated rings. The maximum Gasteiger partial charge on any atom is 0.360 e. The molecular formula is C31H33N5O5S. The van der Waals surface area contributed by atoms with Crippen LogP contribution in [0.1, 0.15) is 28.9 Å². The molecule has 0 unspecified atom stereocenters. The average Bonchev–Trinajstić information content (AvgIpc) is 3.45. The topological polar surface area (TPSA) is 106 Å². The second-order valence-corrected chi connectivity index (χ2v) is 11.2. The Hall–Kier alpha value is -4.06. The number of hydrogen-bond donors (Lipinski definition) is 1. The van der Waals surface area contributed by atoms with E-state index in [1.165, 1.54) is 18.4 Å². The van der Waals surface area contributed by atoms with Gasteiger partial charge >= 0.3 is 12.0 Å². The van der Waals surface area contributed by atoms with Crippen molar-refractivity contribution in [2.75, 3.05) is 63.3 Å². The number of benzene rings is 2. The highest BCUT2D eigenvalue weighted by atomic mass is 32.1. The van der Waals surface area contributed by atoms with E-state index in [0.29, 0.717) is 29.7 Å². The van der Waals surface area contributed by atoms with Crippen LogP contribution in [0.4, 0.5) is 15.6 Å². The number of anilines is 2. The van der Waals surface area contributed by atoms with Crippen molar-refractivity contribution in [1.82, 2.24) is 14.9 Å². The second-order valence-electron chi connectivity index (χ2n) is 10.2. The lowest BCUT2D eigenvalue weighted by molar-refractivity contribution is 0.0357. The molecule has 1 N–H and O–H groups in total. The van der Waals surface area contributed by atoms with Crippen molar-refractivity contribution in [3.63, 3.8) is 0 Å². The number of aryl methyl sites for hydroxylation is 1. The fourth-order valence-electron chi connectivity index (χ4n) is 5.29. The first-order valence-electron chi connectivity index (χ1n) is 14.2. The molecule has 218 valence electrons. The molecule has 2 aromatic carbocycles. The quantitative estimate of drug-likeness (QED) is 0.221. The molecule has 4 aromatic rings. The molecule has 0 atom stereocenters. The summed E-state index contributed by atoms with van der Waals surface area (Å²) >= 11 is 1.45. The number of pyridine rings is 1. The van der Waals surface area contributed by atoms with Crippen LogP contribution in [-0.4, -0.2) is 80.0 Å². The standard InChI is InChI=1S/C31H33N5O5S/c1-39-29(37)28-26(41-17-5-13-35-15-18-40-19-16-35)12-11-23(32-28)22-10-9-21-6-4-14-36(25(21)20-22)31(38)34-30-33-24-7-2-3-8-27(24)42-30/h2-3,7-12,20H,4-6,13-19H2,1H3,(H,33,34,38). The SMILES string of the molecule is COC(=O)c1nc(-c2ccc3c(c2)N(C(=O)Nc2nc4ccccc4s2)CCC3)ccc1OCCCN1CCOCC1. The van der Waals surface area contributed by atoms with Crippen LogP contribution >= 0.6 is 11.3 Å². The van der Waals surface area contributed by atoms with E-state index in [-0.39, 0.29) is 11.7 Å². The maximum atomic E-state index is 13.4. The number of nitrogens with zero attached hydrogens (tertiary/aromatic N) is 4. The lowest BCUT2D eigenvalue weighted by atomic mass is 9.98. The molecule has 0 radical (unpaired) electrons. The van der Waals surface area contributed by atoms with E-state index in [2.05, 4.69) is 20.2 Å². The number of para-hydroxylation sites is 1. The maximum absolute atomic E-state index is 13.4. The van der Waals surface area contributed by atoms with Gasteiger partial charge in [-0.1, -0.05) is 35.6 Å². The van der Waals surface area contributed by atoms with Gasteiger partial charge in [0.25, 0.3) is 0 Å². The molecule has 0 saturated carbocycles. The fraction of sp³-hybridized carbons (Fsp3) is 0.355. The van der Waals surface area contributed by atoms with Crippen molar-refractivity contribution in [3.8, 4) is 17.0 Å². The van der Waals surface area contributed by atoms with Gasteiger partial charge in [-0.15, -0.1) is 0 Å². The lowest BCUT2D eigenvalue weighted by Crippen LogP contribution is -2.38. The van der Waals surface area contributed by atoms with E-state index >= 15 is 0 Å². The normalized spacial score (nSPS) is 15.3. The van der Waals surface area contributed by atoms with E-state index in [9.17, 15) is 9.59 Å². The number of aromatic nitrogens is 2. The Kier molecular flexibility index (Phi) is 8.59. The van der Waals surface area contributed by atoms with Crippen LogP contribution in [0.2, 0.25) is 0 Å². The highest BCUT2D eigenvalue weighted by Gasteiger charge is 2.25. The number of ether oxygens (including phenoxy) is 3. The molecule has 0 bridgehead atoms. The van der Waals surface area contributed by atoms with Gasteiger partial charge in [-0.05, 0) is 55.2 Å². The fourth-order valence-corrected chi connectivity index (χ4v) is 6.15. The molecule has 11 heteroatoms. The smallest absolute Gasteiger partial charge is 0.360 e. The van der Waals surface area contributed by atoms with E-state index in [0.717, 1.165) is 79.1 Å². The van der Waals surface area contributed by atoms with Gasteiger partial charge in [0.1, 0.15) is 0 Å². The van der Waals surface area contributed by atoms with Gasteiger partial charge in [-0.25, -0.2) is 19.6 Å². The Bertz CT molecular complexity index is 1550. The van der Waals surface area contributed by atoms with E-state index < -0.39 is 5.97 Å². The number of nitrogens with one attached hydrogen (secondary N) is 1. The van der Waals surface area contributed by atoms with Crippen molar-refractivity contribution in [1.29, 1.82) is 0 Å². The average molecular weight is 588 g/mol. The predicted octanol–water partition coefficient (Wildman–Crippen LogP) is 5.23. The highest BCUT2D eigenvalue weighted by molar-refractivity contribution is 7.22. The number of fused-ring (bicyclic) bond motifs is 2. The summed E-state index contributed by atoms with van der Waals surface area (Å²) in [7, 11) is 1.33. The zero-order chi connectivity index (χ0) is 28.9. The van der Waals surface area contributed by atoms with Gasteiger partial charge in [0, 0.05) is 37.4 Å². The van der Waals surface area contributed by atoms with E-state index in [1.807, 2.05) is 48.5 Å². The number of amides is 2. The Morgan fingerprint density at radius 1 is 1.05 bits per heavy atom. The van der Waals surface area contributed by atoms with Gasteiger partial charge in [-0.3, -0.25) is 15.1 Å². The second kappa shape index (κ2) is 12.8. The van der Waals surface area contributed by atoms with Crippen molar-refractivity contribution < 1.29 is 23.8 Å². The molecule has 0 aliphatic carbocycles. The van der Waals surface area contributed by atoms with Gasteiger partial charge in [-0.2, -0.15) is 0 Å². The number of carbonyl (C=O) groups is 2. The molecule has 10 nitrogen and oxygen atoms in total. The Balaban J connectivity index is 1.19. The van der Waals surface area contributed by atoms with Gasteiger partial charge in [0.05, 0.1) is 42.8 Å². The number of urea groups is 1. The molecule has 6 rings (SSSR count). The Morgan fingerprint density at radius 3 is 2.74 bits per heavy atom. The molecule has 2 aliphatic rings. The lowest BCUT2D eigenvalue weighted by Gasteiger charge is -2.29. The third kappa shape index (κ3) is 6.23. The third-order valence-electron chi connectivity index (χ3n) is 7.47. The Labute approximate surface area is 248 Å². The zero-order valence-electron chi connectivity index (χ0n) is 23.5. The van der Waals surface area contributed by atoms with Crippen LogP contribution in [0, 0.1) is 0 Å². The summed E-state index contributed by atoms with van der Waals surface area (Å²) in [5.74, 6) is -0.169. The summed E-state index contributed by atoms with van der Waals surface area (Å²) in [4.78, 5) is 39.3. The summed E-state index contributed by atoms with van der Waals surface area (Å²) in [6.45, 7) is 5.31. The summed E-state index contributed by atoms with van der Waals surface area (Å²) in [5.41, 5.74) is 4.27. The first-order valence-corrected chi connectivity index (χ1v) is 15.0. The summed E-state index contributed by atoms with van der Waals surface area (Å²) < 4.78 is 17.4. The number of carbonyl (C=O) groups excluding carboxylic acids is 2. The van der Waals surface area contributed by atoms with Crippen LogP contribution in [-0.2, 0) is 15.9 Å². The number of rotatable bonds is 8. The number of methoxy groups -OCH3 is 1. The van der Waals surface area contributed by atoms with Crippen molar-refractivity contribution in [2.45, 2.75) is 19.3 Å². The zero-order valence-corrected chi connectivity index (χ0v) is 24.3. The van der Waals surface area contributed by atoms with Crippen LogP contribution in [0.15, 0.2) is 54.6 Å². The van der Waals surface area contributed by atoms with E-state index in [4.69, 9.17) is 14.2 Å². The van der Waals surface area contributed by atoms with Crippen LogP contribution in [0.3, 0.4) is 0 Å². The predicted molar refractivity (Wildman–Crippen MR) is 163 cm³/mol. The Morgan fingerprint density at radius 2 is 1.90 bits per heavy atom. The molecule has 1 saturated heterocycles. The van der Waals surface area contributed by atoms with E-state index in [1.54, 1.807) is 11.0 Å². The number of morpholine rings is 1. The first-order chi connectivity index (χ1) is 20.6. The van der Waals surface area contributed by atoms with Gasteiger partial charge in [0.2, 0.25) is 0 Å². The van der Waals surface area contributed by atoms with Crippen molar-refractivity contribution >= 4 is 44.4 Å².